The molecule has 1 saturated carbocycles. The predicted octanol–water partition coefficient (Wildman–Crippen LogP) is 3.66. The lowest BCUT2D eigenvalue weighted by Gasteiger charge is -2.16. The maximum atomic E-state index is 11.9. The zero-order chi connectivity index (χ0) is 17.5. The molecule has 2 rings (SSSR count). The molecule has 1 aliphatic carbocycles. The van der Waals surface area contributed by atoms with Crippen LogP contribution in [0.25, 0.3) is 0 Å². The summed E-state index contributed by atoms with van der Waals surface area (Å²) in [6, 6.07) is -0.0180. The molecule has 8 heteroatoms. The standard InChI is InChI=1S/C17H28N4O2S.HI/c1-5-18-17(19-10-9-13-7-8-13)21-12(4)15-20-11(3)14(24-15)16(22)23-6-2;/h12-13H,5-10H2,1-4H3,(H2,18,19,21);1H. The van der Waals surface area contributed by atoms with Crippen LogP contribution >= 0.6 is 35.3 Å². The van der Waals surface area contributed by atoms with Crippen LogP contribution in [0, 0.1) is 12.8 Å². The molecule has 0 saturated heterocycles. The van der Waals surface area contributed by atoms with E-state index in [1.54, 1.807) is 6.92 Å². The second-order valence-electron chi connectivity index (χ2n) is 6.05. The van der Waals surface area contributed by atoms with Gasteiger partial charge < -0.3 is 15.4 Å². The number of nitrogens with one attached hydrogen (secondary N) is 2. The molecule has 1 aromatic heterocycles. The van der Waals surface area contributed by atoms with E-state index in [9.17, 15) is 4.79 Å². The molecule has 1 aromatic rings. The second-order valence-corrected chi connectivity index (χ2v) is 7.08. The zero-order valence-electron chi connectivity index (χ0n) is 15.4. The molecule has 142 valence electrons. The number of carbonyl (C=O) groups excluding carboxylic acids is 1. The van der Waals surface area contributed by atoms with E-state index in [4.69, 9.17) is 4.74 Å². The first kappa shape index (κ1) is 22.1. The molecule has 0 spiro atoms. The van der Waals surface area contributed by atoms with Crippen LogP contribution in [0.4, 0.5) is 0 Å². The monoisotopic (exact) mass is 480 g/mol. The fourth-order valence-electron chi connectivity index (χ4n) is 2.34. The number of esters is 1. The van der Waals surface area contributed by atoms with Gasteiger partial charge in [-0.15, -0.1) is 35.3 Å². The molecule has 6 nitrogen and oxygen atoms in total. The van der Waals surface area contributed by atoms with Crippen molar-refractivity contribution in [2.75, 3.05) is 19.7 Å². The lowest BCUT2D eigenvalue weighted by molar-refractivity contribution is 0.0531. The van der Waals surface area contributed by atoms with Crippen LogP contribution in [0.5, 0.6) is 0 Å². The third-order valence-electron chi connectivity index (χ3n) is 3.85. The highest BCUT2D eigenvalue weighted by atomic mass is 127. The van der Waals surface area contributed by atoms with E-state index in [-0.39, 0.29) is 36.0 Å². The Bertz CT molecular complexity index is 587. The molecule has 1 aliphatic rings. The zero-order valence-corrected chi connectivity index (χ0v) is 18.6. The Balaban J connectivity index is 0.00000312. The van der Waals surface area contributed by atoms with Crippen LogP contribution < -0.4 is 10.6 Å². The number of guanidine groups is 1. The molecule has 1 heterocycles. The van der Waals surface area contributed by atoms with Crippen LogP contribution in [-0.4, -0.2) is 36.6 Å². The Labute approximate surface area is 171 Å². The fourth-order valence-corrected chi connectivity index (χ4v) is 3.30. The number of halogens is 1. The highest BCUT2D eigenvalue weighted by molar-refractivity contribution is 14.0. The summed E-state index contributed by atoms with van der Waals surface area (Å²) in [4.78, 5) is 21.7. The van der Waals surface area contributed by atoms with Gasteiger partial charge >= 0.3 is 5.97 Å². The van der Waals surface area contributed by atoms with Crippen molar-refractivity contribution in [1.82, 2.24) is 15.6 Å². The van der Waals surface area contributed by atoms with E-state index in [1.807, 2.05) is 13.8 Å². The fraction of sp³-hybridized carbons (Fsp3) is 0.706. The van der Waals surface area contributed by atoms with Gasteiger partial charge in [0.15, 0.2) is 5.96 Å². The first-order valence-corrected chi connectivity index (χ1v) is 9.56. The molecule has 0 aliphatic heterocycles. The van der Waals surface area contributed by atoms with Crippen molar-refractivity contribution >= 4 is 47.2 Å². The largest absolute Gasteiger partial charge is 0.462 e. The molecule has 25 heavy (non-hydrogen) atoms. The van der Waals surface area contributed by atoms with Crippen molar-refractivity contribution in [3.05, 3.63) is 15.6 Å². The van der Waals surface area contributed by atoms with E-state index >= 15 is 0 Å². The van der Waals surface area contributed by atoms with Gasteiger partial charge in [0.25, 0.3) is 0 Å². The smallest absolute Gasteiger partial charge is 0.350 e. The van der Waals surface area contributed by atoms with E-state index in [2.05, 4.69) is 27.5 Å². The quantitative estimate of drug-likeness (QED) is 0.257. The number of aryl methyl sites for hydroxylation is 1. The Morgan fingerprint density at radius 1 is 1.44 bits per heavy atom. The van der Waals surface area contributed by atoms with Crippen molar-refractivity contribution in [2.45, 2.75) is 53.0 Å². The van der Waals surface area contributed by atoms with Crippen LogP contribution in [-0.2, 0) is 4.74 Å². The van der Waals surface area contributed by atoms with Gasteiger partial charge in [0.2, 0.25) is 0 Å². The molecule has 1 fully saturated rings. The van der Waals surface area contributed by atoms with Crippen molar-refractivity contribution in [1.29, 1.82) is 0 Å². The minimum atomic E-state index is -0.295. The number of ether oxygens (including phenoxy) is 1. The lowest BCUT2D eigenvalue weighted by Crippen LogP contribution is -2.38. The van der Waals surface area contributed by atoms with Crippen LogP contribution in [0.3, 0.4) is 0 Å². The number of rotatable bonds is 8. The van der Waals surface area contributed by atoms with E-state index < -0.39 is 0 Å². The summed E-state index contributed by atoms with van der Waals surface area (Å²) in [6.07, 6.45) is 3.87. The summed E-state index contributed by atoms with van der Waals surface area (Å²) in [5.74, 6) is 1.38. The van der Waals surface area contributed by atoms with Crippen LogP contribution in [0.15, 0.2) is 4.99 Å². The second kappa shape index (κ2) is 10.9. The normalized spacial score (nSPS) is 15.3. The molecule has 2 N–H and O–H groups in total. The summed E-state index contributed by atoms with van der Waals surface area (Å²) in [5.41, 5.74) is 0.720. The topological polar surface area (TPSA) is 75.6 Å². The molecule has 0 bridgehead atoms. The average Bonchev–Trinajstić information content (AvgIpc) is 3.27. The van der Waals surface area contributed by atoms with Gasteiger partial charge in [-0.2, -0.15) is 0 Å². The third kappa shape index (κ3) is 7.08. The number of aromatic nitrogens is 1. The molecule has 0 radical (unpaired) electrons. The van der Waals surface area contributed by atoms with Crippen LogP contribution in [0.1, 0.15) is 66.4 Å². The maximum absolute atomic E-state index is 11.9. The average molecular weight is 480 g/mol. The van der Waals surface area contributed by atoms with Gasteiger partial charge in [-0.05, 0) is 40.0 Å². The summed E-state index contributed by atoms with van der Waals surface area (Å²) in [6.45, 7) is 9.76. The number of thiazole rings is 1. The highest BCUT2D eigenvalue weighted by Crippen LogP contribution is 2.32. The Morgan fingerprint density at radius 2 is 2.16 bits per heavy atom. The van der Waals surface area contributed by atoms with Gasteiger partial charge in [-0.3, -0.25) is 4.99 Å². The molecule has 0 amide bonds. The van der Waals surface area contributed by atoms with Crippen molar-refractivity contribution in [3.8, 4) is 0 Å². The third-order valence-corrected chi connectivity index (χ3v) is 5.17. The molecular formula is C17H29IN4O2S. The van der Waals surface area contributed by atoms with Crippen molar-refractivity contribution < 1.29 is 9.53 Å². The molecular weight excluding hydrogens is 451 g/mol. The van der Waals surface area contributed by atoms with Crippen molar-refractivity contribution in [2.24, 2.45) is 10.9 Å². The van der Waals surface area contributed by atoms with Gasteiger partial charge in [0.1, 0.15) is 9.88 Å². The summed E-state index contributed by atoms with van der Waals surface area (Å²) in [5, 5.41) is 7.50. The van der Waals surface area contributed by atoms with Crippen molar-refractivity contribution in [3.63, 3.8) is 0 Å². The minimum absolute atomic E-state index is 0. The number of carbonyl (C=O) groups is 1. The molecule has 1 atom stereocenters. The first-order valence-electron chi connectivity index (χ1n) is 8.74. The summed E-state index contributed by atoms with van der Waals surface area (Å²) >= 11 is 1.38. The Kier molecular flexibility index (Phi) is 9.70. The van der Waals surface area contributed by atoms with E-state index in [0.717, 1.165) is 42.1 Å². The SMILES string of the molecule is CCNC(=NCCC1CC1)NC(C)c1nc(C)c(C(=O)OCC)s1.I. The number of hydrogen-bond donors (Lipinski definition) is 2. The summed E-state index contributed by atoms with van der Waals surface area (Å²) < 4.78 is 5.08. The lowest BCUT2D eigenvalue weighted by atomic mass is 10.3. The maximum Gasteiger partial charge on any atom is 0.350 e. The van der Waals surface area contributed by atoms with Gasteiger partial charge in [0, 0.05) is 13.1 Å². The first-order chi connectivity index (χ1) is 11.5. The number of aliphatic imine (C=N–C) groups is 1. The predicted molar refractivity (Wildman–Crippen MR) is 113 cm³/mol. The van der Waals surface area contributed by atoms with Gasteiger partial charge in [-0.1, -0.05) is 12.8 Å². The van der Waals surface area contributed by atoms with E-state index in [0.29, 0.717) is 11.5 Å². The van der Waals surface area contributed by atoms with Gasteiger partial charge in [-0.25, -0.2) is 9.78 Å². The van der Waals surface area contributed by atoms with Gasteiger partial charge in [0.05, 0.1) is 18.3 Å². The number of hydrogen-bond acceptors (Lipinski definition) is 5. The molecule has 0 aromatic carbocycles. The molecule has 1 unspecified atom stereocenters. The Hall–Kier alpha value is -0.900. The summed E-state index contributed by atoms with van der Waals surface area (Å²) in [7, 11) is 0. The van der Waals surface area contributed by atoms with Crippen LogP contribution in [0.2, 0.25) is 0 Å². The minimum Gasteiger partial charge on any atom is -0.462 e. The highest BCUT2D eigenvalue weighted by Gasteiger charge is 2.21. The van der Waals surface area contributed by atoms with E-state index in [1.165, 1.54) is 24.2 Å². The number of nitrogens with zero attached hydrogens (tertiary/aromatic N) is 2. The Morgan fingerprint density at radius 3 is 2.76 bits per heavy atom.